The molecule has 0 saturated carbocycles. The largest absolute Gasteiger partial charge is 0.378 e. The minimum atomic E-state index is 0.140. The van der Waals surface area contributed by atoms with Crippen molar-refractivity contribution in [3.05, 3.63) is 59.9 Å². The van der Waals surface area contributed by atoms with E-state index in [0.29, 0.717) is 0 Å². The molecule has 0 aliphatic rings. The molecular formula is C17H22N2. The summed E-state index contributed by atoms with van der Waals surface area (Å²) >= 11 is 0. The van der Waals surface area contributed by atoms with E-state index in [9.17, 15) is 0 Å². The highest BCUT2D eigenvalue weighted by molar-refractivity contribution is 5.55. The molecule has 19 heavy (non-hydrogen) atoms. The molecule has 1 aromatic heterocycles. The van der Waals surface area contributed by atoms with Crippen LogP contribution in [0, 0.1) is 0 Å². The average molecular weight is 254 g/mol. The van der Waals surface area contributed by atoms with E-state index < -0.39 is 0 Å². The number of para-hydroxylation sites is 1. The van der Waals surface area contributed by atoms with Crippen LogP contribution >= 0.6 is 0 Å². The molecule has 1 N–H and O–H groups in total. The van der Waals surface area contributed by atoms with Gasteiger partial charge in [-0.15, -0.1) is 0 Å². The van der Waals surface area contributed by atoms with Gasteiger partial charge in [-0.1, -0.05) is 39.0 Å². The molecule has 0 amide bonds. The maximum Gasteiger partial charge on any atom is 0.0486 e. The molecule has 1 atom stereocenters. The van der Waals surface area contributed by atoms with Gasteiger partial charge in [-0.3, -0.25) is 4.98 Å². The summed E-state index contributed by atoms with van der Waals surface area (Å²) in [6, 6.07) is 12.9. The minimum Gasteiger partial charge on any atom is -0.378 e. The molecule has 0 spiro atoms. The molecule has 0 fully saturated rings. The molecule has 1 unspecified atom stereocenters. The number of rotatable bonds is 3. The summed E-state index contributed by atoms with van der Waals surface area (Å²) in [5.41, 5.74) is 3.94. The zero-order chi connectivity index (χ0) is 13.9. The Morgan fingerprint density at radius 2 is 1.63 bits per heavy atom. The molecule has 100 valence electrons. The lowest BCUT2D eigenvalue weighted by molar-refractivity contribution is 0.590. The van der Waals surface area contributed by atoms with E-state index in [1.165, 1.54) is 16.8 Å². The van der Waals surface area contributed by atoms with Gasteiger partial charge in [0.1, 0.15) is 0 Å². The van der Waals surface area contributed by atoms with Crippen LogP contribution in [-0.4, -0.2) is 4.98 Å². The summed E-state index contributed by atoms with van der Waals surface area (Å²) < 4.78 is 0. The number of nitrogens with one attached hydrogen (secondary N) is 1. The summed E-state index contributed by atoms with van der Waals surface area (Å²) in [6.07, 6.45) is 3.67. The van der Waals surface area contributed by atoms with E-state index in [1.54, 1.807) is 0 Å². The number of nitrogens with zero attached hydrogens (tertiary/aromatic N) is 1. The predicted molar refractivity (Wildman–Crippen MR) is 81.4 cm³/mol. The highest BCUT2D eigenvalue weighted by Gasteiger charge is 2.18. The fourth-order valence-electron chi connectivity index (χ4n) is 2.23. The molecule has 2 aromatic rings. The maximum atomic E-state index is 4.06. The van der Waals surface area contributed by atoms with Crippen molar-refractivity contribution < 1.29 is 0 Å². The zero-order valence-electron chi connectivity index (χ0n) is 12.1. The molecule has 0 radical (unpaired) electrons. The summed E-state index contributed by atoms with van der Waals surface area (Å²) in [5.74, 6) is 0. The average Bonchev–Trinajstić information content (AvgIpc) is 2.39. The van der Waals surface area contributed by atoms with Crippen molar-refractivity contribution in [2.45, 2.75) is 39.2 Å². The Balaban J connectivity index is 2.25. The Hall–Kier alpha value is -1.83. The Bertz CT molecular complexity index is 526. The third-order valence-electron chi connectivity index (χ3n) is 3.31. The standard InChI is InChI=1S/C17H22N2/c1-13(14-9-11-18-12-10-14)19-16-8-6-5-7-15(16)17(2,3)4/h5-13,19H,1-4H3. The number of hydrogen-bond acceptors (Lipinski definition) is 2. The number of anilines is 1. The van der Waals surface area contributed by atoms with E-state index in [2.05, 4.69) is 74.4 Å². The van der Waals surface area contributed by atoms with Gasteiger partial charge in [0.05, 0.1) is 0 Å². The van der Waals surface area contributed by atoms with E-state index in [1.807, 2.05) is 12.4 Å². The highest BCUT2D eigenvalue weighted by Crippen LogP contribution is 2.31. The van der Waals surface area contributed by atoms with Gasteiger partial charge in [0.2, 0.25) is 0 Å². The lowest BCUT2D eigenvalue weighted by Gasteiger charge is -2.25. The van der Waals surface area contributed by atoms with Gasteiger partial charge in [0, 0.05) is 24.1 Å². The van der Waals surface area contributed by atoms with Crippen LogP contribution in [-0.2, 0) is 5.41 Å². The smallest absolute Gasteiger partial charge is 0.0486 e. The van der Waals surface area contributed by atoms with Crippen LogP contribution in [0.2, 0.25) is 0 Å². The van der Waals surface area contributed by atoms with Gasteiger partial charge in [0.25, 0.3) is 0 Å². The second-order valence-corrected chi connectivity index (χ2v) is 5.94. The number of aromatic nitrogens is 1. The molecule has 0 saturated heterocycles. The van der Waals surface area contributed by atoms with Crippen LogP contribution in [0.3, 0.4) is 0 Å². The van der Waals surface area contributed by atoms with Gasteiger partial charge in [-0.25, -0.2) is 0 Å². The molecular weight excluding hydrogens is 232 g/mol. The lowest BCUT2D eigenvalue weighted by atomic mass is 9.85. The zero-order valence-corrected chi connectivity index (χ0v) is 12.1. The Kier molecular flexibility index (Phi) is 3.89. The summed E-state index contributed by atoms with van der Waals surface area (Å²) in [5, 5.41) is 3.61. The van der Waals surface area contributed by atoms with Crippen molar-refractivity contribution in [3.8, 4) is 0 Å². The SMILES string of the molecule is CC(Nc1ccccc1C(C)(C)C)c1ccncc1. The molecule has 0 bridgehead atoms. The first-order valence-electron chi connectivity index (χ1n) is 6.74. The predicted octanol–water partition coefficient (Wildman–Crippen LogP) is 4.55. The second kappa shape index (κ2) is 5.43. The van der Waals surface area contributed by atoms with Gasteiger partial charge < -0.3 is 5.32 Å². The fourth-order valence-corrected chi connectivity index (χ4v) is 2.23. The first-order valence-corrected chi connectivity index (χ1v) is 6.74. The molecule has 0 aliphatic heterocycles. The third-order valence-corrected chi connectivity index (χ3v) is 3.31. The Morgan fingerprint density at radius 3 is 2.26 bits per heavy atom. The van der Waals surface area contributed by atoms with E-state index in [4.69, 9.17) is 0 Å². The molecule has 2 rings (SSSR count). The molecule has 2 heteroatoms. The van der Waals surface area contributed by atoms with Gasteiger partial charge in [0.15, 0.2) is 0 Å². The minimum absolute atomic E-state index is 0.140. The van der Waals surface area contributed by atoms with Crippen LogP contribution in [0.15, 0.2) is 48.8 Å². The van der Waals surface area contributed by atoms with Crippen LogP contribution in [0.1, 0.15) is 44.9 Å². The van der Waals surface area contributed by atoms with Crippen molar-refractivity contribution in [3.63, 3.8) is 0 Å². The number of benzene rings is 1. The summed E-state index contributed by atoms with van der Waals surface area (Å²) in [6.45, 7) is 8.90. The topological polar surface area (TPSA) is 24.9 Å². The molecule has 0 aliphatic carbocycles. The quantitative estimate of drug-likeness (QED) is 0.869. The van der Waals surface area contributed by atoms with Crippen LogP contribution in [0.5, 0.6) is 0 Å². The first kappa shape index (κ1) is 13.6. The van der Waals surface area contributed by atoms with E-state index in [0.717, 1.165) is 0 Å². The van der Waals surface area contributed by atoms with Crippen LogP contribution in [0.4, 0.5) is 5.69 Å². The van der Waals surface area contributed by atoms with Crippen LogP contribution < -0.4 is 5.32 Å². The normalized spacial score (nSPS) is 13.1. The van der Waals surface area contributed by atoms with Crippen molar-refractivity contribution in [1.29, 1.82) is 0 Å². The van der Waals surface area contributed by atoms with Crippen molar-refractivity contribution in [2.75, 3.05) is 5.32 Å². The van der Waals surface area contributed by atoms with Gasteiger partial charge in [-0.05, 0) is 41.7 Å². The second-order valence-electron chi connectivity index (χ2n) is 5.94. The molecule has 1 heterocycles. The Morgan fingerprint density at radius 1 is 1.00 bits per heavy atom. The van der Waals surface area contributed by atoms with E-state index >= 15 is 0 Å². The number of hydrogen-bond donors (Lipinski definition) is 1. The lowest BCUT2D eigenvalue weighted by Crippen LogP contribution is -2.16. The maximum absolute atomic E-state index is 4.06. The van der Waals surface area contributed by atoms with Gasteiger partial charge >= 0.3 is 0 Å². The van der Waals surface area contributed by atoms with Crippen molar-refractivity contribution in [2.24, 2.45) is 0 Å². The monoisotopic (exact) mass is 254 g/mol. The van der Waals surface area contributed by atoms with Crippen LogP contribution in [0.25, 0.3) is 0 Å². The van der Waals surface area contributed by atoms with E-state index in [-0.39, 0.29) is 11.5 Å². The number of pyridine rings is 1. The summed E-state index contributed by atoms with van der Waals surface area (Å²) in [4.78, 5) is 4.06. The van der Waals surface area contributed by atoms with Crippen molar-refractivity contribution in [1.82, 2.24) is 4.98 Å². The first-order chi connectivity index (χ1) is 8.98. The van der Waals surface area contributed by atoms with Gasteiger partial charge in [-0.2, -0.15) is 0 Å². The Labute approximate surface area is 115 Å². The van der Waals surface area contributed by atoms with Crippen molar-refractivity contribution >= 4 is 5.69 Å². The molecule has 2 nitrogen and oxygen atoms in total. The highest BCUT2D eigenvalue weighted by atomic mass is 14.9. The summed E-state index contributed by atoms with van der Waals surface area (Å²) in [7, 11) is 0. The fraction of sp³-hybridized carbons (Fsp3) is 0.353. The molecule has 1 aromatic carbocycles. The third kappa shape index (κ3) is 3.34.